The van der Waals surface area contributed by atoms with E-state index in [0.29, 0.717) is 37.5 Å². The molecule has 136 valence electrons. The number of fused-ring (bicyclic) bond motifs is 1. The molecular formula is C18H19FN4OS2. The Kier molecular flexibility index (Phi) is 4.71. The van der Waals surface area contributed by atoms with Crippen molar-refractivity contribution in [2.45, 2.75) is 28.8 Å². The van der Waals surface area contributed by atoms with E-state index in [1.807, 2.05) is 35.0 Å². The van der Waals surface area contributed by atoms with Gasteiger partial charge in [-0.15, -0.1) is 25.3 Å². The number of hydrogen-bond donors (Lipinski definition) is 2. The molecule has 5 nitrogen and oxygen atoms in total. The van der Waals surface area contributed by atoms with Crippen molar-refractivity contribution in [1.82, 2.24) is 14.4 Å². The lowest BCUT2D eigenvalue weighted by atomic mass is 10.1. The van der Waals surface area contributed by atoms with Gasteiger partial charge in [0, 0.05) is 40.8 Å². The van der Waals surface area contributed by atoms with E-state index in [1.54, 1.807) is 7.11 Å². The summed E-state index contributed by atoms with van der Waals surface area (Å²) in [6.45, 7) is 1.36. The molecule has 0 aliphatic carbocycles. The maximum atomic E-state index is 13.4. The summed E-state index contributed by atoms with van der Waals surface area (Å²) >= 11 is 9.11. The van der Waals surface area contributed by atoms with Gasteiger partial charge in [0.1, 0.15) is 17.7 Å². The zero-order chi connectivity index (χ0) is 18.3. The molecule has 0 amide bonds. The van der Waals surface area contributed by atoms with E-state index in [-0.39, 0.29) is 0 Å². The van der Waals surface area contributed by atoms with Crippen molar-refractivity contribution in [3.63, 3.8) is 0 Å². The summed E-state index contributed by atoms with van der Waals surface area (Å²) in [5, 5.41) is 0. The summed E-state index contributed by atoms with van der Waals surface area (Å²) in [5.74, 6) is 2.12. The van der Waals surface area contributed by atoms with Gasteiger partial charge in [-0.2, -0.15) is 4.98 Å². The summed E-state index contributed by atoms with van der Waals surface area (Å²) in [5.41, 5.74) is 1.58. The van der Waals surface area contributed by atoms with E-state index in [0.717, 1.165) is 26.9 Å². The minimum Gasteiger partial charge on any atom is -0.497 e. The molecule has 3 aromatic rings. The maximum absolute atomic E-state index is 13.4. The Hall–Kier alpha value is -1.93. The molecule has 0 saturated carbocycles. The molecule has 8 heteroatoms. The van der Waals surface area contributed by atoms with Gasteiger partial charge >= 0.3 is 0 Å². The third kappa shape index (κ3) is 3.23. The van der Waals surface area contributed by atoms with Gasteiger partial charge in [0.25, 0.3) is 0 Å². The number of anilines is 1. The quantitative estimate of drug-likeness (QED) is 0.665. The number of halogens is 1. The predicted octanol–water partition coefficient (Wildman–Crippen LogP) is 3.92. The van der Waals surface area contributed by atoms with Crippen molar-refractivity contribution in [3.05, 3.63) is 30.6 Å². The van der Waals surface area contributed by atoms with Gasteiger partial charge in [0.2, 0.25) is 5.78 Å². The van der Waals surface area contributed by atoms with E-state index in [4.69, 9.17) is 4.74 Å². The number of benzene rings is 1. The molecule has 1 aromatic carbocycles. The minimum absolute atomic E-state index is 0.546. The zero-order valence-electron chi connectivity index (χ0n) is 14.3. The molecule has 1 aliphatic rings. The molecule has 26 heavy (non-hydrogen) atoms. The summed E-state index contributed by atoms with van der Waals surface area (Å²) in [4.78, 5) is 12.9. The number of hydrogen-bond acceptors (Lipinski definition) is 6. The van der Waals surface area contributed by atoms with Gasteiger partial charge in [-0.1, -0.05) is 0 Å². The fraction of sp³-hybridized carbons (Fsp3) is 0.333. The van der Waals surface area contributed by atoms with Gasteiger partial charge in [-0.25, -0.2) is 9.37 Å². The molecular weight excluding hydrogens is 371 g/mol. The van der Waals surface area contributed by atoms with Crippen LogP contribution in [-0.2, 0) is 0 Å². The summed E-state index contributed by atoms with van der Waals surface area (Å²) in [7, 11) is 1.61. The summed E-state index contributed by atoms with van der Waals surface area (Å²) < 4.78 is 20.5. The van der Waals surface area contributed by atoms with Crippen molar-refractivity contribution in [1.29, 1.82) is 0 Å². The number of ether oxygens (including phenoxy) is 1. The fourth-order valence-electron chi connectivity index (χ4n) is 3.20. The molecule has 0 unspecified atom stereocenters. The highest BCUT2D eigenvalue weighted by atomic mass is 32.1. The van der Waals surface area contributed by atoms with E-state index < -0.39 is 6.17 Å². The molecule has 0 N–H and O–H groups in total. The van der Waals surface area contributed by atoms with Crippen molar-refractivity contribution >= 4 is 36.9 Å². The minimum atomic E-state index is -0.703. The fourth-order valence-corrected chi connectivity index (χ4v) is 4.02. The Morgan fingerprint density at radius 3 is 2.50 bits per heavy atom. The van der Waals surface area contributed by atoms with E-state index >= 15 is 0 Å². The van der Waals surface area contributed by atoms with Crippen LogP contribution in [0.3, 0.4) is 0 Å². The molecule has 1 fully saturated rings. The largest absolute Gasteiger partial charge is 0.497 e. The molecule has 3 heterocycles. The topological polar surface area (TPSA) is 42.7 Å². The van der Waals surface area contributed by atoms with Crippen LogP contribution in [-0.4, -0.2) is 40.7 Å². The molecule has 1 saturated heterocycles. The lowest BCUT2D eigenvalue weighted by Crippen LogP contribution is -2.34. The molecule has 0 spiro atoms. The number of imidazole rings is 1. The molecule has 0 radical (unpaired) electrons. The first-order valence-corrected chi connectivity index (χ1v) is 9.29. The Labute approximate surface area is 162 Å². The highest BCUT2D eigenvalue weighted by Gasteiger charge is 2.20. The Morgan fingerprint density at radius 1 is 1.15 bits per heavy atom. The van der Waals surface area contributed by atoms with E-state index in [9.17, 15) is 4.39 Å². The first-order valence-electron chi connectivity index (χ1n) is 8.40. The average Bonchev–Trinajstić information content (AvgIpc) is 3.04. The number of nitrogens with zero attached hydrogens (tertiary/aromatic N) is 4. The number of thiol groups is 2. The summed E-state index contributed by atoms with van der Waals surface area (Å²) in [6, 6.07) is 5.61. The Morgan fingerprint density at radius 2 is 1.85 bits per heavy atom. The van der Waals surface area contributed by atoms with Crippen LogP contribution in [0, 0.1) is 0 Å². The van der Waals surface area contributed by atoms with Crippen molar-refractivity contribution in [2.75, 3.05) is 25.1 Å². The monoisotopic (exact) mass is 390 g/mol. The van der Waals surface area contributed by atoms with Gasteiger partial charge < -0.3 is 9.64 Å². The van der Waals surface area contributed by atoms with Crippen LogP contribution >= 0.6 is 25.3 Å². The predicted molar refractivity (Wildman–Crippen MR) is 106 cm³/mol. The molecule has 1 aliphatic heterocycles. The Bertz CT molecular complexity index is 931. The average molecular weight is 391 g/mol. The van der Waals surface area contributed by atoms with Crippen LogP contribution in [0.1, 0.15) is 12.8 Å². The van der Waals surface area contributed by atoms with E-state index in [1.165, 1.54) is 0 Å². The number of piperidine rings is 1. The highest BCUT2D eigenvalue weighted by Crippen LogP contribution is 2.35. The van der Waals surface area contributed by atoms with Gasteiger partial charge in [0.05, 0.1) is 12.8 Å². The van der Waals surface area contributed by atoms with Gasteiger partial charge in [0.15, 0.2) is 0 Å². The van der Waals surface area contributed by atoms with Gasteiger partial charge in [-0.3, -0.25) is 4.40 Å². The van der Waals surface area contributed by atoms with Crippen LogP contribution in [0.15, 0.2) is 40.4 Å². The number of methoxy groups -OCH3 is 1. The first-order chi connectivity index (χ1) is 12.5. The van der Waals surface area contributed by atoms with Crippen molar-refractivity contribution in [2.24, 2.45) is 0 Å². The third-order valence-electron chi connectivity index (χ3n) is 4.62. The lowest BCUT2D eigenvalue weighted by Gasteiger charge is -2.29. The Balaban J connectivity index is 1.70. The molecule has 0 atom stereocenters. The van der Waals surface area contributed by atoms with Crippen LogP contribution in [0.4, 0.5) is 10.2 Å². The third-order valence-corrected chi connectivity index (χ3v) is 5.33. The van der Waals surface area contributed by atoms with Crippen LogP contribution in [0.25, 0.3) is 17.0 Å². The number of rotatable bonds is 3. The molecule has 2 aromatic heterocycles. The second-order valence-corrected chi connectivity index (χ2v) is 7.29. The SMILES string of the molecule is COc1cc(S)c(-c2cn3ccc(N4CCC(F)CC4)nc3n2)c(S)c1. The van der Waals surface area contributed by atoms with Crippen LogP contribution in [0.2, 0.25) is 0 Å². The highest BCUT2D eigenvalue weighted by molar-refractivity contribution is 7.81. The zero-order valence-corrected chi connectivity index (χ0v) is 16.1. The molecule has 0 bridgehead atoms. The summed E-state index contributed by atoms with van der Waals surface area (Å²) in [6.07, 6.45) is 4.22. The van der Waals surface area contributed by atoms with E-state index in [2.05, 4.69) is 40.1 Å². The normalized spacial score (nSPS) is 15.6. The first kappa shape index (κ1) is 17.5. The maximum Gasteiger partial charge on any atom is 0.236 e. The second-order valence-electron chi connectivity index (χ2n) is 6.32. The van der Waals surface area contributed by atoms with Gasteiger partial charge in [-0.05, 0) is 31.0 Å². The number of alkyl halides is 1. The number of aromatic nitrogens is 3. The van der Waals surface area contributed by atoms with Crippen molar-refractivity contribution < 1.29 is 9.13 Å². The van der Waals surface area contributed by atoms with Crippen LogP contribution in [0.5, 0.6) is 5.75 Å². The second kappa shape index (κ2) is 7.00. The standard InChI is InChI=1S/C18H19FN4OS2/c1-24-12-8-14(25)17(15(26)9-12)13-10-23-7-4-16(21-18(23)20-13)22-5-2-11(19)3-6-22/h4,7-11,25-26H,2-3,5-6H2,1H3. The lowest BCUT2D eigenvalue weighted by molar-refractivity contribution is 0.277. The van der Waals surface area contributed by atoms with Crippen molar-refractivity contribution in [3.8, 4) is 17.0 Å². The van der Waals surface area contributed by atoms with Crippen LogP contribution < -0.4 is 9.64 Å². The molecule has 4 rings (SSSR count). The smallest absolute Gasteiger partial charge is 0.236 e.